The van der Waals surface area contributed by atoms with E-state index >= 15 is 0 Å². The Hall–Kier alpha value is -1.06. The van der Waals surface area contributed by atoms with Crippen LogP contribution in [0.1, 0.15) is 36.8 Å². The molecule has 1 saturated heterocycles. The highest BCUT2D eigenvalue weighted by Crippen LogP contribution is 2.18. The third-order valence-electron chi connectivity index (χ3n) is 4.07. The lowest BCUT2D eigenvalue weighted by atomic mass is 10.0. The minimum Gasteiger partial charge on any atom is -0.494 e. The van der Waals surface area contributed by atoms with Crippen molar-refractivity contribution in [1.29, 1.82) is 0 Å². The molecule has 1 heterocycles. The van der Waals surface area contributed by atoms with Crippen LogP contribution in [0.4, 0.5) is 0 Å². The first-order valence-electron chi connectivity index (χ1n) is 7.84. The quantitative estimate of drug-likeness (QED) is 0.812. The van der Waals surface area contributed by atoms with Crippen LogP contribution in [0.3, 0.4) is 0 Å². The van der Waals surface area contributed by atoms with E-state index in [0.29, 0.717) is 6.04 Å². The van der Waals surface area contributed by atoms with E-state index in [2.05, 4.69) is 36.9 Å². The first-order valence-corrected chi connectivity index (χ1v) is 7.84. The van der Waals surface area contributed by atoms with Crippen molar-refractivity contribution in [2.45, 2.75) is 45.6 Å². The second-order valence-corrected chi connectivity index (χ2v) is 5.95. The second-order valence-electron chi connectivity index (χ2n) is 5.95. The molecule has 1 fully saturated rings. The van der Waals surface area contributed by atoms with Crippen molar-refractivity contribution in [2.75, 3.05) is 26.2 Å². The summed E-state index contributed by atoms with van der Waals surface area (Å²) in [6, 6.07) is 6.98. The Labute approximate surface area is 123 Å². The Kier molecular flexibility index (Phi) is 5.86. The number of rotatable bonds is 6. The fourth-order valence-electron chi connectivity index (χ4n) is 3.10. The number of aryl methyl sites for hydroxylation is 2. The van der Waals surface area contributed by atoms with Crippen molar-refractivity contribution < 1.29 is 4.74 Å². The second kappa shape index (κ2) is 7.65. The van der Waals surface area contributed by atoms with Gasteiger partial charge < -0.3 is 10.5 Å². The van der Waals surface area contributed by atoms with Crippen LogP contribution < -0.4 is 10.5 Å². The smallest absolute Gasteiger partial charge is 0.119 e. The van der Waals surface area contributed by atoms with E-state index in [9.17, 15) is 0 Å². The van der Waals surface area contributed by atoms with Crippen molar-refractivity contribution in [3.63, 3.8) is 0 Å². The van der Waals surface area contributed by atoms with Gasteiger partial charge in [0.1, 0.15) is 5.75 Å². The highest BCUT2D eigenvalue weighted by Gasteiger charge is 2.20. The van der Waals surface area contributed by atoms with Gasteiger partial charge in [-0.1, -0.05) is 12.5 Å². The average molecular weight is 276 g/mol. The summed E-state index contributed by atoms with van der Waals surface area (Å²) in [6.07, 6.45) is 4.98. The van der Waals surface area contributed by atoms with E-state index < -0.39 is 0 Å². The SMILES string of the molecule is Cc1cc(C)cc(OCCCN2CCCCC2CN)c1. The minimum atomic E-state index is 0.588. The number of ether oxygens (including phenoxy) is 1. The summed E-state index contributed by atoms with van der Waals surface area (Å²) in [5.74, 6) is 0.997. The molecule has 1 unspecified atom stereocenters. The topological polar surface area (TPSA) is 38.5 Å². The maximum atomic E-state index is 5.87. The van der Waals surface area contributed by atoms with Gasteiger partial charge in [-0.2, -0.15) is 0 Å². The maximum Gasteiger partial charge on any atom is 0.119 e. The van der Waals surface area contributed by atoms with Gasteiger partial charge in [0.15, 0.2) is 0 Å². The lowest BCUT2D eigenvalue weighted by Gasteiger charge is -2.34. The molecule has 1 aromatic carbocycles. The molecule has 0 aliphatic carbocycles. The van der Waals surface area contributed by atoms with Crippen LogP contribution in [0.5, 0.6) is 5.75 Å². The molecule has 0 saturated carbocycles. The molecule has 0 bridgehead atoms. The van der Waals surface area contributed by atoms with Crippen molar-refractivity contribution in [1.82, 2.24) is 4.90 Å². The minimum absolute atomic E-state index is 0.588. The molecule has 0 aromatic heterocycles. The first kappa shape index (κ1) is 15.3. The summed E-state index contributed by atoms with van der Waals surface area (Å²) >= 11 is 0. The largest absolute Gasteiger partial charge is 0.494 e. The Morgan fingerprint density at radius 1 is 1.20 bits per heavy atom. The summed E-state index contributed by atoms with van der Waals surface area (Å²) in [4.78, 5) is 2.54. The number of likely N-dealkylation sites (tertiary alicyclic amines) is 1. The lowest BCUT2D eigenvalue weighted by Crippen LogP contribution is -2.44. The third kappa shape index (κ3) is 4.50. The van der Waals surface area contributed by atoms with E-state index in [-0.39, 0.29) is 0 Å². The van der Waals surface area contributed by atoms with Gasteiger partial charge in [-0.15, -0.1) is 0 Å². The zero-order valence-corrected chi connectivity index (χ0v) is 12.9. The van der Waals surface area contributed by atoms with E-state index in [1.54, 1.807) is 0 Å². The van der Waals surface area contributed by atoms with E-state index in [0.717, 1.165) is 31.9 Å². The summed E-state index contributed by atoms with van der Waals surface area (Å²) in [6.45, 7) is 8.10. The van der Waals surface area contributed by atoms with Gasteiger partial charge in [-0.25, -0.2) is 0 Å². The van der Waals surface area contributed by atoms with E-state index in [4.69, 9.17) is 10.5 Å². The van der Waals surface area contributed by atoms with Crippen LogP contribution in [0, 0.1) is 13.8 Å². The molecule has 3 nitrogen and oxygen atoms in total. The first-order chi connectivity index (χ1) is 9.69. The van der Waals surface area contributed by atoms with Gasteiger partial charge in [-0.05, 0) is 62.9 Å². The highest BCUT2D eigenvalue weighted by atomic mass is 16.5. The van der Waals surface area contributed by atoms with Crippen LogP contribution in [0.25, 0.3) is 0 Å². The predicted octanol–water partition coefficient (Wildman–Crippen LogP) is 2.89. The molecule has 0 amide bonds. The Bertz CT molecular complexity index is 399. The van der Waals surface area contributed by atoms with Crippen molar-refractivity contribution in [2.24, 2.45) is 5.73 Å². The normalized spacial score (nSPS) is 20.1. The van der Waals surface area contributed by atoms with E-state index in [1.165, 1.54) is 36.9 Å². The fourth-order valence-corrected chi connectivity index (χ4v) is 3.10. The van der Waals surface area contributed by atoms with Gasteiger partial charge >= 0.3 is 0 Å². The van der Waals surface area contributed by atoms with Crippen LogP contribution in [0.2, 0.25) is 0 Å². The molecular weight excluding hydrogens is 248 g/mol. The van der Waals surface area contributed by atoms with Gasteiger partial charge in [-0.3, -0.25) is 4.90 Å². The molecular formula is C17H28N2O. The van der Waals surface area contributed by atoms with Gasteiger partial charge in [0.25, 0.3) is 0 Å². The van der Waals surface area contributed by atoms with Crippen molar-refractivity contribution >= 4 is 0 Å². The molecule has 1 atom stereocenters. The molecule has 2 rings (SSSR count). The zero-order chi connectivity index (χ0) is 14.4. The summed E-state index contributed by atoms with van der Waals surface area (Å²) in [5, 5.41) is 0. The van der Waals surface area contributed by atoms with Gasteiger partial charge in [0, 0.05) is 19.1 Å². The number of nitrogens with zero attached hydrogens (tertiary/aromatic N) is 1. The van der Waals surface area contributed by atoms with Crippen molar-refractivity contribution in [3.8, 4) is 5.75 Å². The molecule has 0 spiro atoms. The standard InChI is InChI=1S/C17H28N2O/c1-14-10-15(2)12-17(11-14)20-9-5-8-19-7-4-3-6-16(19)13-18/h10-12,16H,3-9,13,18H2,1-2H3. The molecule has 20 heavy (non-hydrogen) atoms. The number of hydrogen-bond donors (Lipinski definition) is 1. The van der Waals surface area contributed by atoms with Crippen molar-refractivity contribution in [3.05, 3.63) is 29.3 Å². The number of piperidine rings is 1. The number of hydrogen-bond acceptors (Lipinski definition) is 3. The molecule has 112 valence electrons. The number of benzene rings is 1. The van der Waals surface area contributed by atoms with Crippen LogP contribution >= 0.6 is 0 Å². The van der Waals surface area contributed by atoms with E-state index in [1.807, 2.05) is 0 Å². The monoisotopic (exact) mass is 276 g/mol. The third-order valence-corrected chi connectivity index (χ3v) is 4.07. The van der Waals surface area contributed by atoms with Crippen LogP contribution in [-0.4, -0.2) is 37.2 Å². The van der Waals surface area contributed by atoms with Gasteiger partial charge in [0.2, 0.25) is 0 Å². The Balaban J connectivity index is 1.73. The maximum absolute atomic E-state index is 5.87. The van der Waals surface area contributed by atoms with Crippen LogP contribution in [-0.2, 0) is 0 Å². The highest BCUT2D eigenvalue weighted by molar-refractivity contribution is 5.32. The summed E-state index contributed by atoms with van der Waals surface area (Å²) in [7, 11) is 0. The molecule has 1 aliphatic heterocycles. The molecule has 1 aliphatic rings. The average Bonchev–Trinajstić information content (AvgIpc) is 2.43. The molecule has 3 heteroatoms. The molecule has 0 radical (unpaired) electrons. The molecule has 1 aromatic rings. The number of nitrogens with two attached hydrogens (primary N) is 1. The van der Waals surface area contributed by atoms with Crippen LogP contribution in [0.15, 0.2) is 18.2 Å². The zero-order valence-electron chi connectivity index (χ0n) is 12.9. The van der Waals surface area contributed by atoms with Gasteiger partial charge in [0.05, 0.1) is 6.61 Å². The molecule has 2 N–H and O–H groups in total. The lowest BCUT2D eigenvalue weighted by molar-refractivity contribution is 0.142. The summed E-state index contributed by atoms with van der Waals surface area (Å²) in [5.41, 5.74) is 8.38. The fraction of sp³-hybridized carbons (Fsp3) is 0.647. The Morgan fingerprint density at radius 2 is 1.95 bits per heavy atom. The summed E-state index contributed by atoms with van der Waals surface area (Å²) < 4.78 is 5.87. The Morgan fingerprint density at radius 3 is 2.65 bits per heavy atom. The predicted molar refractivity (Wildman–Crippen MR) is 84.3 cm³/mol.